The Kier molecular flexibility index (Phi) is 3.84. The molecule has 1 aliphatic rings. The van der Waals surface area contributed by atoms with Gasteiger partial charge in [0, 0.05) is 23.2 Å². The fourth-order valence-electron chi connectivity index (χ4n) is 2.47. The van der Waals surface area contributed by atoms with Gasteiger partial charge in [-0.15, -0.1) is 0 Å². The van der Waals surface area contributed by atoms with Crippen LogP contribution in [0.25, 0.3) is 0 Å². The molecule has 1 heterocycles. The zero-order valence-electron chi connectivity index (χ0n) is 10.5. The van der Waals surface area contributed by atoms with Crippen LogP contribution in [0.15, 0.2) is 22.7 Å². The lowest BCUT2D eigenvalue weighted by Crippen LogP contribution is -2.62. The van der Waals surface area contributed by atoms with Crippen LogP contribution in [0.5, 0.6) is 0 Å². The Morgan fingerprint density at radius 3 is 2.53 bits per heavy atom. The lowest BCUT2D eigenvalue weighted by atomic mass is 9.88. The Bertz CT molecular complexity index is 469. The van der Waals surface area contributed by atoms with E-state index >= 15 is 0 Å². The Morgan fingerprint density at radius 2 is 2.00 bits per heavy atom. The molecule has 0 atom stereocenters. The monoisotopic (exact) mass is 337 g/mol. The first-order chi connectivity index (χ1) is 8.75. The molecule has 6 heteroatoms. The molecule has 0 amide bonds. The fraction of sp³-hybridized carbons (Fsp3) is 0.538. The van der Waals surface area contributed by atoms with Crippen molar-refractivity contribution in [3.05, 3.63) is 28.2 Å². The van der Waals surface area contributed by atoms with Crippen LogP contribution >= 0.6 is 15.9 Å². The third-order valence-corrected chi connectivity index (χ3v) is 3.78. The normalized spacial score (nSPS) is 18.3. The predicted octanol–water partition coefficient (Wildman–Crippen LogP) is 3.82. The Balaban J connectivity index is 2.23. The van der Waals surface area contributed by atoms with Crippen molar-refractivity contribution in [1.82, 2.24) is 0 Å². The molecule has 1 aromatic carbocycles. The van der Waals surface area contributed by atoms with E-state index in [0.717, 1.165) is 12.5 Å². The van der Waals surface area contributed by atoms with Crippen molar-refractivity contribution in [3.63, 3.8) is 0 Å². The van der Waals surface area contributed by atoms with Gasteiger partial charge in [-0.1, -0.05) is 29.3 Å². The van der Waals surface area contributed by atoms with Gasteiger partial charge in [-0.25, -0.2) is 0 Å². The molecule has 1 fully saturated rings. The molecule has 2 nitrogen and oxygen atoms in total. The Morgan fingerprint density at radius 1 is 1.37 bits per heavy atom. The second-order valence-electron chi connectivity index (χ2n) is 4.99. The zero-order valence-corrected chi connectivity index (χ0v) is 12.1. The first kappa shape index (κ1) is 14.7. The summed E-state index contributed by atoms with van der Waals surface area (Å²) < 4.78 is 39.3. The average molecular weight is 338 g/mol. The second kappa shape index (κ2) is 4.98. The largest absolute Gasteiger partial charge is 0.418 e. The van der Waals surface area contributed by atoms with Gasteiger partial charge in [0.1, 0.15) is 0 Å². The van der Waals surface area contributed by atoms with E-state index in [1.54, 1.807) is 11.0 Å². The number of nitrogens with zero attached hydrogens (tertiary/aromatic N) is 1. The number of alkyl halides is 3. The van der Waals surface area contributed by atoms with Crippen molar-refractivity contribution >= 4 is 21.6 Å². The topological polar surface area (TPSA) is 23.5 Å². The molecule has 0 spiro atoms. The summed E-state index contributed by atoms with van der Waals surface area (Å²) in [7, 11) is 0. The van der Waals surface area contributed by atoms with E-state index in [1.165, 1.54) is 6.07 Å². The SMILES string of the molecule is CCCC1(O)CN(c2ccc(Br)cc2C(F)(F)F)C1. The second-order valence-corrected chi connectivity index (χ2v) is 5.91. The van der Waals surface area contributed by atoms with Gasteiger partial charge in [-0.2, -0.15) is 13.2 Å². The molecule has 0 aliphatic carbocycles. The molecular weight excluding hydrogens is 323 g/mol. The van der Waals surface area contributed by atoms with E-state index in [1.807, 2.05) is 6.92 Å². The van der Waals surface area contributed by atoms with Crippen molar-refractivity contribution < 1.29 is 18.3 Å². The van der Waals surface area contributed by atoms with Gasteiger partial charge >= 0.3 is 6.18 Å². The third kappa shape index (κ3) is 3.05. The first-order valence-electron chi connectivity index (χ1n) is 6.09. The minimum absolute atomic E-state index is 0.136. The highest BCUT2D eigenvalue weighted by Crippen LogP contribution is 2.41. The van der Waals surface area contributed by atoms with Gasteiger partial charge in [0.25, 0.3) is 0 Å². The molecule has 0 aromatic heterocycles. The number of aliphatic hydroxyl groups is 1. The van der Waals surface area contributed by atoms with Crippen LogP contribution in [0.3, 0.4) is 0 Å². The van der Waals surface area contributed by atoms with Gasteiger partial charge < -0.3 is 10.0 Å². The van der Waals surface area contributed by atoms with E-state index in [4.69, 9.17) is 0 Å². The van der Waals surface area contributed by atoms with Crippen molar-refractivity contribution in [2.75, 3.05) is 18.0 Å². The first-order valence-corrected chi connectivity index (χ1v) is 6.88. The van der Waals surface area contributed by atoms with Crippen LogP contribution in [-0.4, -0.2) is 23.8 Å². The van der Waals surface area contributed by atoms with E-state index in [-0.39, 0.29) is 18.8 Å². The molecule has 1 N–H and O–H groups in total. The molecule has 2 rings (SSSR count). The van der Waals surface area contributed by atoms with E-state index in [2.05, 4.69) is 15.9 Å². The predicted molar refractivity (Wildman–Crippen MR) is 71.2 cm³/mol. The van der Waals surface area contributed by atoms with E-state index < -0.39 is 17.3 Å². The minimum atomic E-state index is -4.39. The number of rotatable bonds is 3. The zero-order chi connectivity index (χ0) is 14.3. The summed E-state index contributed by atoms with van der Waals surface area (Å²) in [6, 6.07) is 4.10. The molecule has 0 saturated carbocycles. The van der Waals surface area contributed by atoms with Crippen LogP contribution in [-0.2, 0) is 6.18 Å². The fourth-order valence-corrected chi connectivity index (χ4v) is 2.83. The molecular formula is C13H15BrF3NO. The standard InChI is InChI=1S/C13H15BrF3NO/c1-2-5-12(19)7-18(8-12)11-4-3-9(14)6-10(11)13(15,16)17/h3-4,6,19H,2,5,7-8H2,1H3. The Labute approximate surface area is 118 Å². The summed E-state index contributed by atoms with van der Waals surface area (Å²) in [4.78, 5) is 1.57. The highest BCUT2D eigenvalue weighted by atomic mass is 79.9. The van der Waals surface area contributed by atoms with Crippen LogP contribution in [0.4, 0.5) is 18.9 Å². The quantitative estimate of drug-likeness (QED) is 0.906. The number of β-amino-alcohol motifs (C(OH)–C–C–N with tert-alkyl or cyclic N) is 1. The molecule has 1 aromatic rings. The van der Waals surface area contributed by atoms with Crippen molar-refractivity contribution in [2.45, 2.75) is 31.5 Å². The summed E-state index contributed by atoms with van der Waals surface area (Å²) >= 11 is 3.06. The van der Waals surface area contributed by atoms with Gasteiger partial charge in [0.2, 0.25) is 0 Å². The summed E-state index contributed by atoms with van der Waals surface area (Å²) in [5.41, 5.74) is -1.37. The maximum absolute atomic E-state index is 13.0. The van der Waals surface area contributed by atoms with E-state index in [0.29, 0.717) is 10.9 Å². The van der Waals surface area contributed by atoms with Crippen molar-refractivity contribution in [1.29, 1.82) is 0 Å². The van der Waals surface area contributed by atoms with E-state index in [9.17, 15) is 18.3 Å². The number of anilines is 1. The number of benzene rings is 1. The smallest absolute Gasteiger partial charge is 0.386 e. The number of hydrogen-bond donors (Lipinski definition) is 1. The van der Waals surface area contributed by atoms with Crippen molar-refractivity contribution in [3.8, 4) is 0 Å². The van der Waals surface area contributed by atoms with Gasteiger partial charge in [-0.3, -0.25) is 0 Å². The number of hydrogen-bond acceptors (Lipinski definition) is 2. The summed E-state index contributed by atoms with van der Waals surface area (Å²) in [6.07, 6.45) is -2.96. The molecule has 106 valence electrons. The maximum Gasteiger partial charge on any atom is 0.418 e. The molecule has 0 unspecified atom stereocenters. The molecule has 19 heavy (non-hydrogen) atoms. The van der Waals surface area contributed by atoms with Crippen molar-refractivity contribution in [2.24, 2.45) is 0 Å². The summed E-state index contributed by atoms with van der Waals surface area (Å²) in [6.45, 7) is 2.46. The van der Waals surface area contributed by atoms with Crippen LogP contribution in [0.2, 0.25) is 0 Å². The highest BCUT2D eigenvalue weighted by Gasteiger charge is 2.44. The summed E-state index contributed by atoms with van der Waals surface area (Å²) in [5, 5.41) is 10.1. The average Bonchev–Trinajstić information content (AvgIpc) is 2.25. The lowest BCUT2D eigenvalue weighted by molar-refractivity contribution is -0.137. The molecule has 1 saturated heterocycles. The van der Waals surface area contributed by atoms with Crippen LogP contribution in [0.1, 0.15) is 25.3 Å². The summed E-state index contributed by atoms with van der Waals surface area (Å²) in [5.74, 6) is 0. The minimum Gasteiger partial charge on any atom is -0.386 e. The third-order valence-electron chi connectivity index (χ3n) is 3.29. The van der Waals surface area contributed by atoms with Crippen LogP contribution in [0, 0.1) is 0 Å². The van der Waals surface area contributed by atoms with Gasteiger partial charge in [0.15, 0.2) is 0 Å². The van der Waals surface area contributed by atoms with Gasteiger partial charge in [-0.05, 0) is 24.6 Å². The lowest BCUT2D eigenvalue weighted by Gasteiger charge is -2.48. The van der Waals surface area contributed by atoms with Gasteiger partial charge in [0.05, 0.1) is 11.2 Å². The maximum atomic E-state index is 13.0. The number of halogens is 4. The highest BCUT2D eigenvalue weighted by molar-refractivity contribution is 9.10. The molecule has 1 aliphatic heterocycles. The molecule has 0 radical (unpaired) electrons. The Hall–Kier alpha value is -0.750. The molecule has 0 bridgehead atoms. The van der Waals surface area contributed by atoms with Crippen LogP contribution < -0.4 is 4.90 Å².